The Hall–Kier alpha value is -1.75. The summed E-state index contributed by atoms with van der Waals surface area (Å²) in [5, 5.41) is 2.78. The number of fused-ring (bicyclic) bond motifs is 1. The number of nitrogens with zero attached hydrogens (tertiary/aromatic N) is 1. The Morgan fingerprint density at radius 1 is 1.32 bits per heavy atom. The normalized spacial score (nSPS) is 18.6. The van der Waals surface area contributed by atoms with E-state index in [1.165, 1.54) is 25.9 Å². The van der Waals surface area contributed by atoms with Crippen molar-refractivity contribution < 1.29 is 14.3 Å². The molecule has 0 radical (unpaired) electrons. The summed E-state index contributed by atoms with van der Waals surface area (Å²) in [6, 6.07) is 5.52. The molecule has 1 aromatic carbocycles. The molecule has 102 valence electrons. The summed E-state index contributed by atoms with van der Waals surface area (Å²) in [6.07, 6.45) is 2.59. The van der Waals surface area contributed by atoms with Crippen molar-refractivity contribution in [1.82, 2.24) is 4.90 Å². The van der Waals surface area contributed by atoms with Crippen molar-refractivity contribution in [2.24, 2.45) is 0 Å². The maximum atomic E-state index is 11.2. The van der Waals surface area contributed by atoms with Crippen molar-refractivity contribution >= 4 is 11.6 Å². The molecule has 0 unspecified atom stereocenters. The van der Waals surface area contributed by atoms with Gasteiger partial charge in [0.2, 0.25) is 0 Å². The molecule has 0 aliphatic carbocycles. The summed E-state index contributed by atoms with van der Waals surface area (Å²) in [7, 11) is 0. The van der Waals surface area contributed by atoms with Crippen LogP contribution in [0.4, 0.5) is 5.69 Å². The highest BCUT2D eigenvalue weighted by Crippen LogP contribution is 2.31. The number of likely N-dealkylation sites (tertiary alicyclic amines) is 1. The first kappa shape index (κ1) is 12.3. The maximum Gasteiger partial charge on any atom is 0.262 e. The van der Waals surface area contributed by atoms with Crippen molar-refractivity contribution in [3.63, 3.8) is 0 Å². The number of carbonyl (C=O) groups excluding carboxylic acids is 1. The first-order chi connectivity index (χ1) is 9.31. The predicted octanol–water partition coefficient (Wildman–Crippen LogP) is 1.49. The average molecular weight is 262 g/mol. The fourth-order valence-corrected chi connectivity index (χ4v) is 2.45. The Bertz CT molecular complexity index is 470. The lowest BCUT2D eigenvalue weighted by atomic mass is 10.2. The van der Waals surface area contributed by atoms with Crippen molar-refractivity contribution in [3.05, 3.63) is 18.2 Å². The van der Waals surface area contributed by atoms with Crippen LogP contribution in [0.25, 0.3) is 0 Å². The van der Waals surface area contributed by atoms with E-state index < -0.39 is 0 Å². The second-order valence-corrected chi connectivity index (χ2v) is 4.89. The second kappa shape index (κ2) is 5.48. The van der Waals surface area contributed by atoms with Crippen LogP contribution in [0.15, 0.2) is 18.2 Å². The topological polar surface area (TPSA) is 50.8 Å². The molecule has 2 heterocycles. The Labute approximate surface area is 112 Å². The van der Waals surface area contributed by atoms with E-state index in [-0.39, 0.29) is 12.5 Å². The molecule has 2 aliphatic heterocycles. The van der Waals surface area contributed by atoms with Gasteiger partial charge in [-0.2, -0.15) is 0 Å². The quantitative estimate of drug-likeness (QED) is 0.893. The molecule has 1 N–H and O–H groups in total. The molecule has 1 fully saturated rings. The molecule has 5 nitrogen and oxygen atoms in total. The van der Waals surface area contributed by atoms with E-state index in [1.807, 2.05) is 18.2 Å². The van der Waals surface area contributed by atoms with Gasteiger partial charge >= 0.3 is 0 Å². The molecule has 2 aliphatic rings. The van der Waals surface area contributed by atoms with Gasteiger partial charge in [-0.1, -0.05) is 0 Å². The van der Waals surface area contributed by atoms with Gasteiger partial charge < -0.3 is 14.8 Å². The van der Waals surface area contributed by atoms with Crippen molar-refractivity contribution in [2.45, 2.75) is 12.8 Å². The van der Waals surface area contributed by atoms with Gasteiger partial charge in [0.25, 0.3) is 5.91 Å². The lowest BCUT2D eigenvalue weighted by molar-refractivity contribution is -0.118. The van der Waals surface area contributed by atoms with Gasteiger partial charge in [0, 0.05) is 12.6 Å². The molecule has 5 heteroatoms. The van der Waals surface area contributed by atoms with E-state index in [1.54, 1.807) is 0 Å². The second-order valence-electron chi connectivity index (χ2n) is 4.89. The minimum Gasteiger partial charge on any atom is -0.492 e. The summed E-state index contributed by atoms with van der Waals surface area (Å²) >= 11 is 0. The summed E-state index contributed by atoms with van der Waals surface area (Å²) in [5.74, 6) is 1.34. The van der Waals surface area contributed by atoms with Crippen LogP contribution in [-0.2, 0) is 4.79 Å². The summed E-state index contributed by atoms with van der Waals surface area (Å²) in [5.41, 5.74) is 0.690. The largest absolute Gasteiger partial charge is 0.492 e. The van der Waals surface area contributed by atoms with E-state index in [2.05, 4.69) is 10.2 Å². The van der Waals surface area contributed by atoms with Crippen LogP contribution in [0.1, 0.15) is 12.8 Å². The van der Waals surface area contributed by atoms with E-state index in [9.17, 15) is 4.79 Å². The fourth-order valence-electron chi connectivity index (χ4n) is 2.45. The van der Waals surface area contributed by atoms with E-state index in [0.717, 1.165) is 12.3 Å². The molecule has 1 aromatic rings. The lowest BCUT2D eigenvalue weighted by Gasteiger charge is -2.19. The van der Waals surface area contributed by atoms with E-state index >= 15 is 0 Å². The zero-order chi connectivity index (χ0) is 13.1. The number of hydrogen-bond acceptors (Lipinski definition) is 4. The third-order valence-electron chi connectivity index (χ3n) is 3.46. The zero-order valence-corrected chi connectivity index (χ0v) is 10.9. The highest BCUT2D eigenvalue weighted by molar-refractivity contribution is 5.95. The van der Waals surface area contributed by atoms with Gasteiger partial charge in [-0.05, 0) is 38.1 Å². The van der Waals surface area contributed by atoms with E-state index in [0.29, 0.717) is 18.0 Å². The smallest absolute Gasteiger partial charge is 0.262 e. The van der Waals surface area contributed by atoms with Crippen LogP contribution < -0.4 is 14.8 Å². The number of benzene rings is 1. The number of nitrogens with one attached hydrogen (secondary N) is 1. The number of rotatable bonds is 4. The molecule has 0 spiro atoms. The zero-order valence-electron chi connectivity index (χ0n) is 10.9. The van der Waals surface area contributed by atoms with Crippen molar-refractivity contribution in [2.75, 3.05) is 38.2 Å². The van der Waals surface area contributed by atoms with Crippen LogP contribution in [-0.4, -0.2) is 43.7 Å². The molecular formula is C14H18N2O3. The Kier molecular flexibility index (Phi) is 3.55. The minimum atomic E-state index is -0.123. The predicted molar refractivity (Wildman–Crippen MR) is 71.7 cm³/mol. The Morgan fingerprint density at radius 2 is 2.16 bits per heavy atom. The number of amides is 1. The number of ether oxygens (including phenoxy) is 2. The van der Waals surface area contributed by atoms with Crippen LogP contribution in [0.3, 0.4) is 0 Å². The van der Waals surface area contributed by atoms with Crippen LogP contribution in [0, 0.1) is 0 Å². The maximum absolute atomic E-state index is 11.2. The highest BCUT2D eigenvalue weighted by Gasteiger charge is 2.16. The summed E-state index contributed by atoms with van der Waals surface area (Å²) < 4.78 is 11.0. The van der Waals surface area contributed by atoms with Crippen molar-refractivity contribution in [1.29, 1.82) is 0 Å². The summed E-state index contributed by atoms with van der Waals surface area (Å²) in [6.45, 7) is 4.07. The first-order valence-corrected chi connectivity index (χ1v) is 6.73. The molecule has 1 saturated heterocycles. The molecule has 0 aromatic heterocycles. The van der Waals surface area contributed by atoms with Gasteiger partial charge in [0.1, 0.15) is 18.1 Å². The third-order valence-corrected chi connectivity index (χ3v) is 3.46. The van der Waals surface area contributed by atoms with Gasteiger partial charge in [-0.15, -0.1) is 0 Å². The number of carbonyl (C=O) groups is 1. The van der Waals surface area contributed by atoms with Gasteiger partial charge in [0.15, 0.2) is 6.61 Å². The highest BCUT2D eigenvalue weighted by atomic mass is 16.5. The molecule has 1 amide bonds. The van der Waals surface area contributed by atoms with Gasteiger partial charge in [0.05, 0.1) is 5.69 Å². The third kappa shape index (κ3) is 2.98. The molecule has 19 heavy (non-hydrogen) atoms. The minimum absolute atomic E-state index is 0.0855. The Balaban J connectivity index is 1.56. The van der Waals surface area contributed by atoms with Crippen molar-refractivity contribution in [3.8, 4) is 11.5 Å². The van der Waals surface area contributed by atoms with Crippen LogP contribution in [0.5, 0.6) is 11.5 Å². The van der Waals surface area contributed by atoms with Gasteiger partial charge in [-0.25, -0.2) is 0 Å². The molecule has 0 atom stereocenters. The van der Waals surface area contributed by atoms with Crippen LogP contribution >= 0.6 is 0 Å². The molecule has 0 saturated carbocycles. The number of hydrogen-bond donors (Lipinski definition) is 1. The summed E-state index contributed by atoms with van der Waals surface area (Å²) in [4.78, 5) is 13.6. The molecule has 3 rings (SSSR count). The van der Waals surface area contributed by atoms with Gasteiger partial charge in [-0.3, -0.25) is 9.69 Å². The number of anilines is 1. The fraction of sp³-hybridized carbons (Fsp3) is 0.500. The monoisotopic (exact) mass is 262 g/mol. The lowest BCUT2D eigenvalue weighted by Crippen LogP contribution is -2.26. The van der Waals surface area contributed by atoms with E-state index in [4.69, 9.17) is 9.47 Å². The first-order valence-electron chi connectivity index (χ1n) is 6.73. The average Bonchev–Trinajstić information content (AvgIpc) is 2.91. The standard InChI is InChI=1S/C14H18N2O3/c17-14-10-19-13-4-3-11(9-12(13)15-14)18-8-7-16-5-1-2-6-16/h3-4,9H,1-2,5-8,10H2,(H,15,17). The SMILES string of the molecule is O=C1COc2ccc(OCCN3CCCC3)cc2N1. The Morgan fingerprint density at radius 3 is 3.00 bits per heavy atom. The molecule has 0 bridgehead atoms. The molecular weight excluding hydrogens is 244 g/mol. The van der Waals surface area contributed by atoms with Crippen LogP contribution in [0.2, 0.25) is 0 Å².